The maximum absolute atomic E-state index is 10.8. The van der Waals surface area contributed by atoms with Gasteiger partial charge in [-0.3, -0.25) is 9.59 Å². The summed E-state index contributed by atoms with van der Waals surface area (Å²) >= 11 is 10.5. The number of carbonyl (C=O) groups is 2. The SMILES string of the molecule is CC(=O)SCSC1CSC(SCSC(C)=O)CS1. The standard InChI is InChI=1S/C10H16O2S6/c1-7(11)15-5-17-9-3-14-10(4-13-9)18-6-16-8(2)12/h9-10H,3-6H2,1-2H3. The number of carbonyl (C=O) groups excluding carboxylic acids is 2. The number of hydrogen-bond donors (Lipinski definition) is 0. The van der Waals surface area contributed by atoms with E-state index in [1.54, 1.807) is 13.8 Å². The summed E-state index contributed by atoms with van der Waals surface area (Å²) in [5, 5.41) is 2.13. The molecule has 0 N–H and O–H groups in total. The van der Waals surface area contributed by atoms with Crippen molar-refractivity contribution in [3.8, 4) is 0 Å². The zero-order chi connectivity index (χ0) is 13.4. The second kappa shape index (κ2) is 10.2. The highest BCUT2D eigenvalue weighted by Gasteiger charge is 2.22. The molecule has 1 heterocycles. The molecule has 8 heteroatoms. The Morgan fingerprint density at radius 3 is 1.61 bits per heavy atom. The molecule has 0 aromatic heterocycles. The van der Waals surface area contributed by atoms with Gasteiger partial charge in [-0.05, 0) is 0 Å². The van der Waals surface area contributed by atoms with E-state index in [1.165, 1.54) is 23.5 Å². The fraction of sp³-hybridized carbons (Fsp3) is 0.800. The zero-order valence-electron chi connectivity index (χ0n) is 10.2. The first kappa shape index (κ1) is 17.5. The van der Waals surface area contributed by atoms with Crippen LogP contribution in [0.1, 0.15) is 13.8 Å². The molecule has 0 saturated carbocycles. The van der Waals surface area contributed by atoms with Crippen LogP contribution in [0.4, 0.5) is 0 Å². The number of rotatable bonds is 6. The molecule has 0 radical (unpaired) electrons. The first-order chi connectivity index (χ1) is 8.58. The average Bonchev–Trinajstić information content (AvgIpc) is 2.30. The average molecular weight is 361 g/mol. The number of hydrogen-bond acceptors (Lipinski definition) is 8. The fourth-order valence-corrected chi connectivity index (χ4v) is 9.60. The lowest BCUT2D eigenvalue weighted by Crippen LogP contribution is -2.17. The molecule has 1 aliphatic heterocycles. The maximum Gasteiger partial charge on any atom is 0.186 e. The summed E-state index contributed by atoms with van der Waals surface area (Å²) in [7, 11) is 0. The van der Waals surface area contributed by atoms with E-state index < -0.39 is 0 Å². The first-order valence-corrected chi connectivity index (χ1v) is 11.5. The summed E-state index contributed by atoms with van der Waals surface area (Å²) in [5.41, 5.74) is 0. The predicted octanol–water partition coefficient (Wildman–Crippen LogP) is 4.06. The van der Waals surface area contributed by atoms with Crippen molar-refractivity contribution in [1.29, 1.82) is 0 Å². The third kappa shape index (κ3) is 8.58. The van der Waals surface area contributed by atoms with Crippen LogP contribution in [0, 0.1) is 0 Å². The third-order valence-corrected chi connectivity index (χ3v) is 10.4. The molecule has 104 valence electrons. The Morgan fingerprint density at radius 2 is 1.33 bits per heavy atom. The highest BCUT2D eigenvalue weighted by atomic mass is 32.2. The summed E-state index contributed by atoms with van der Waals surface area (Å²) in [6.07, 6.45) is 0. The van der Waals surface area contributed by atoms with E-state index in [9.17, 15) is 9.59 Å². The largest absolute Gasteiger partial charge is 0.288 e. The molecule has 0 aliphatic carbocycles. The molecular formula is C10H16O2S6. The van der Waals surface area contributed by atoms with Crippen molar-refractivity contribution in [3.63, 3.8) is 0 Å². The fourth-order valence-electron chi connectivity index (χ4n) is 1.05. The van der Waals surface area contributed by atoms with Gasteiger partial charge >= 0.3 is 0 Å². The Hall–Kier alpha value is 1.44. The second-order valence-corrected chi connectivity index (χ2v) is 11.9. The second-order valence-electron chi connectivity index (χ2n) is 3.37. The van der Waals surface area contributed by atoms with Gasteiger partial charge in [0.25, 0.3) is 0 Å². The molecule has 2 nitrogen and oxygen atoms in total. The van der Waals surface area contributed by atoms with Crippen LogP contribution >= 0.6 is 70.6 Å². The van der Waals surface area contributed by atoms with Gasteiger partial charge in [0.15, 0.2) is 10.2 Å². The molecule has 0 spiro atoms. The topological polar surface area (TPSA) is 34.1 Å². The van der Waals surface area contributed by atoms with Crippen LogP contribution in [-0.2, 0) is 9.59 Å². The highest BCUT2D eigenvalue weighted by molar-refractivity contribution is 8.31. The minimum Gasteiger partial charge on any atom is -0.288 e. The van der Waals surface area contributed by atoms with Gasteiger partial charge in [0, 0.05) is 35.5 Å². The van der Waals surface area contributed by atoms with Crippen LogP contribution in [0.15, 0.2) is 0 Å². The Bertz CT molecular complexity index is 250. The molecular weight excluding hydrogens is 345 g/mol. The summed E-state index contributed by atoms with van der Waals surface area (Å²) in [6, 6.07) is 0. The van der Waals surface area contributed by atoms with E-state index in [2.05, 4.69) is 0 Å². The molecule has 0 amide bonds. The van der Waals surface area contributed by atoms with E-state index in [4.69, 9.17) is 0 Å². The molecule has 0 aromatic carbocycles. The lowest BCUT2D eigenvalue weighted by molar-refractivity contribution is -0.109. The van der Waals surface area contributed by atoms with Gasteiger partial charge in [-0.15, -0.1) is 47.0 Å². The Morgan fingerprint density at radius 1 is 0.944 bits per heavy atom. The van der Waals surface area contributed by atoms with Crippen molar-refractivity contribution >= 4 is 80.8 Å². The molecule has 18 heavy (non-hydrogen) atoms. The maximum atomic E-state index is 10.8. The zero-order valence-corrected chi connectivity index (χ0v) is 15.1. The molecule has 0 bridgehead atoms. The van der Waals surface area contributed by atoms with Crippen molar-refractivity contribution in [3.05, 3.63) is 0 Å². The van der Waals surface area contributed by atoms with E-state index >= 15 is 0 Å². The van der Waals surface area contributed by atoms with Crippen molar-refractivity contribution in [2.24, 2.45) is 0 Å². The monoisotopic (exact) mass is 360 g/mol. The van der Waals surface area contributed by atoms with E-state index in [-0.39, 0.29) is 10.2 Å². The lowest BCUT2D eigenvalue weighted by Gasteiger charge is -2.26. The van der Waals surface area contributed by atoms with Crippen LogP contribution in [0.5, 0.6) is 0 Å². The van der Waals surface area contributed by atoms with Crippen LogP contribution in [0.2, 0.25) is 0 Å². The van der Waals surface area contributed by atoms with Gasteiger partial charge in [0.1, 0.15) is 0 Å². The van der Waals surface area contributed by atoms with Gasteiger partial charge in [0.05, 0.1) is 9.16 Å². The molecule has 1 aliphatic rings. The van der Waals surface area contributed by atoms with Gasteiger partial charge in [-0.1, -0.05) is 23.5 Å². The number of thioether (sulfide) groups is 6. The summed E-state index contributed by atoms with van der Waals surface area (Å²) in [5.74, 6) is 2.27. The van der Waals surface area contributed by atoms with Gasteiger partial charge in [-0.25, -0.2) is 0 Å². The summed E-state index contributed by atoms with van der Waals surface area (Å²) in [6.45, 7) is 3.24. The van der Waals surface area contributed by atoms with Gasteiger partial charge in [0.2, 0.25) is 0 Å². The lowest BCUT2D eigenvalue weighted by atomic mass is 10.9. The smallest absolute Gasteiger partial charge is 0.186 e. The summed E-state index contributed by atoms with van der Waals surface area (Å²) in [4.78, 5) is 21.6. The molecule has 1 saturated heterocycles. The van der Waals surface area contributed by atoms with Crippen molar-refractivity contribution in [1.82, 2.24) is 0 Å². The van der Waals surface area contributed by atoms with Crippen molar-refractivity contribution in [2.75, 3.05) is 21.7 Å². The van der Waals surface area contributed by atoms with Gasteiger partial charge in [-0.2, -0.15) is 0 Å². The molecule has 0 aromatic rings. The van der Waals surface area contributed by atoms with Crippen LogP contribution in [0.25, 0.3) is 0 Å². The van der Waals surface area contributed by atoms with Crippen LogP contribution in [0.3, 0.4) is 0 Å². The molecule has 2 atom stereocenters. The molecule has 1 fully saturated rings. The quantitative estimate of drug-likeness (QED) is 0.656. The molecule has 1 rings (SSSR count). The van der Waals surface area contributed by atoms with Crippen LogP contribution in [-0.4, -0.2) is 41.1 Å². The Labute approximate surface area is 134 Å². The van der Waals surface area contributed by atoms with E-state index in [1.807, 2.05) is 47.0 Å². The Kier molecular flexibility index (Phi) is 9.92. The normalized spacial score (nSPS) is 23.9. The third-order valence-electron chi connectivity index (χ3n) is 1.87. The minimum atomic E-state index is 0.200. The van der Waals surface area contributed by atoms with Crippen LogP contribution < -0.4 is 0 Å². The van der Waals surface area contributed by atoms with Crippen molar-refractivity contribution in [2.45, 2.75) is 23.0 Å². The highest BCUT2D eigenvalue weighted by Crippen LogP contribution is 2.41. The minimum absolute atomic E-state index is 0.200. The van der Waals surface area contributed by atoms with E-state index in [0.717, 1.165) is 21.7 Å². The van der Waals surface area contributed by atoms with Crippen molar-refractivity contribution < 1.29 is 9.59 Å². The van der Waals surface area contributed by atoms with E-state index in [0.29, 0.717) is 9.16 Å². The summed E-state index contributed by atoms with van der Waals surface area (Å²) < 4.78 is 1.22. The molecule has 2 unspecified atom stereocenters. The first-order valence-electron chi connectivity index (χ1n) is 5.31. The van der Waals surface area contributed by atoms with Gasteiger partial charge < -0.3 is 0 Å². The Balaban J connectivity index is 2.05. The predicted molar refractivity (Wildman–Crippen MR) is 94.0 cm³/mol.